The van der Waals surface area contributed by atoms with Crippen molar-refractivity contribution in [1.29, 1.82) is 0 Å². The first-order valence-electron chi connectivity index (χ1n) is 4.36. The zero-order chi connectivity index (χ0) is 9.68. The second kappa shape index (κ2) is 5.37. The van der Waals surface area contributed by atoms with Gasteiger partial charge in [0.15, 0.2) is 0 Å². The van der Waals surface area contributed by atoms with E-state index in [1.165, 1.54) is 0 Å². The first kappa shape index (κ1) is 10.7. The minimum absolute atomic E-state index is 0.0419. The SMILES string of the molecule is N[C@H](CCCO)c1ccc(Br)cc1. The Morgan fingerprint density at radius 2 is 1.92 bits per heavy atom. The minimum atomic E-state index is 0.0419. The molecule has 0 bridgehead atoms. The van der Waals surface area contributed by atoms with E-state index >= 15 is 0 Å². The Balaban J connectivity index is 2.55. The van der Waals surface area contributed by atoms with Gasteiger partial charge in [0.2, 0.25) is 0 Å². The zero-order valence-corrected chi connectivity index (χ0v) is 9.00. The fourth-order valence-corrected chi connectivity index (χ4v) is 1.45. The molecule has 0 unspecified atom stereocenters. The molecule has 1 atom stereocenters. The highest BCUT2D eigenvalue weighted by molar-refractivity contribution is 9.10. The Morgan fingerprint density at radius 3 is 2.46 bits per heavy atom. The van der Waals surface area contributed by atoms with Crippen molar-refractivity contribution >= 4 is 15.9 Å². The maximum atomic E-state index is 8.64. The number of nitrogens with two attached hydrogens (primary N) is 1. The lowest BCUT2D eigenvalue weighted by Gasteiger charge is -2.10. The van der Waals surface area contributed by atoms with Gasteiger partial charge in [0, 0.05) is 17.1 Å². The molecular formula is C10H14BrNO. The highest BCUT2D eigenvalue weighted by atomic mass is 79.9. The molecule has 0 aliphatic carbocycles. The van der Waals surface area contributed by atoms with Crippen molar-refractivity contribution in [3.8, 4) is 0 Å². The van der Waals surface area contributed by atoms with Crippen LogP contribution in [-0.4, -0.2) is 11.7 Å². The third-order valence-corrected chi connectivity index (χ3v) is 2.50. The van der Waals surface area contributed by atoms with Crippen molar-refractivity contribution in [3.63, 3.8) is 0 Å². The summed E-state index contributed by atoms with van der Waals surface area (Å²) in [7, 11) is 0. The Kier molecular flexibility index (Phi) is 4.42. The van der Waals surface area contributed by atoms with E-state index in [9.17, 15) is 0 Å². The summed E-state index contributed by atoms with van der Waals surface area (Å²) in [4.78, 5) is 0. The summed E-state index contributed by atoms with van der Waals surface area (Å²) >= 11 is 3.37. The molecule has 1 rings (SSSR count). The number of aliphatic hydroxyl groups is 1. The molecule has 0 aliphatic heterocycles. The molecule has 0 saturated heterocycles. The van der Waals surface area contributed by atoms with Crippen molar-refractivity contribution in [2.75, 3.05) is 6.61 Å². The summed E-state index contributed by atoms with van der Waals surface area (Å²) in [6.07, 6.45) is 1.59. The summed E-state index contributed by atoms with van der Waals surface area (Å²) < 4.78 is 1.06. The van der Waals surface area contributed by atoms with Gasteiger partial charge in [-0.3, -0.25) is 0 Å². The lowest BCUT2D eigenvalue weighted by Crippen LogP contribution is -2.10. The molecule has 13 heavy (non-hydrogen) atoms. The molecule has 0 saturated carbocycles. The number of aliphatic hydroxyl groups excluding tert-OH is 1. The van der Waals surface area contributed by atoms with E-state index in [-0.39, 0.29) is 12.6 Å². The van der Waals surface area contributed by atoms with Crippen LogP contribution in [0, 0.1) is 0 Å². The molecule has 1 aromatic rings. The third kappa shape index (κ3) is 3.46. The quantitative estimate of drug-likeness (QED) is 0.853. The van der Waals surface area contributed by atoms with Crippen molar-refractivity contribution in [1.82, 2.24) is 0 Å². The summed E-state index contributed by atoms with van der Waals surface area (Å²) in [6, 6.07) is 8.01. The van der Waals surface area contributed by atoms with Crippen molar-refractivity contribution in [3.05, 3.63) is 34.3 Å². The molecule has 0 spiro atoms. The first-order valence-corrected chi connectivity index (χ1v) is 5.15. The van der Waals surface area contributed by atoms with Crippen molar-refractivity contribution < 1.29 is 5.11 Å². The first-order chi connectivity index (χ1) is 6.24. The predicted octanol–water partition coefficient (Wildman–Crippen LogP) is 2.22. The van der Waals surface area contributed by atoms with Gasteiger partial charge in [-0.2, -0.15) is 0 Å². The standard InChI is InChI=1S/C10H14BrNO/c11-9-5-3-8(4-6-9)10(12)2-1-7-13/h3-6,10,13H,1-2,7,12H2/t10-/m1/s1. The van der Waals surface area contributed by atoms with Gasteiger partial charge in [0.25, 0.3) is 0 Å². The summed E-state index contributed by atoms with van der Waals surface area (Å²) in [5.41, 5.74) is 7.03. The fourth-order valence-electron chi connectivity index (χ4n) is 1.19. The van der Waals surface area contributed by atoms with Crippen LogP contribution in [0.1, 0.15) is 24.4 Å². The van der Waals surface area contributed by atoms with E-state index in [2.05, 4.69) is 15.9 Å². The van der Waals surface area contributed by atoms with Crippen LogP contribution in [-0.2, 0) is 0 Å². The average molecular weight is 244 g/mol. The van der Waals surface area contributed by atoms with E-state index in [0.717, 1.165) is 22.9 Å². The van der Waals surface area contributed by atoms with Gasteiger partial charge in [0.05, 0.1) is 0 Å². The summed E-state index contributed by atoms with van der Waals surface area (Å²) in [5.74, 6) is 0. The van der Waals surface area contributed by atoms with Crippen LogP contribution in [0.4, 0.5) is 0 Å². The van der Waals surface area contributed by atoms with E-state index < -0.39 is 0 Å². The number of halogens is 1. The van der Waals surface area contributed by atoms with E-state index in [0.29, 0.717) is 0 Å². The average Bonchev–Trinajstić information content (AvgIpc) is 2.15. The van der Waals surface area contributed by atoms with Gasteiger partial charge in [-0.15, -0.1) is 0 Å². The monoisotopic (exact) mass is 243 g/mol. The van der Waals surface area contributed by atoms with Crippen LogP contribution < -0.4 is 5.73 Å². The van der Waals surface area contributed by atoms with Crippen molar-refractivity contribution in [2.24, 2.45) is 5.73 Å². The Hall–Kier alpha value is -0.380. The number of hydrogen-bond donors (Lipinski definition) is 2. The maximum Gasteiger partial charge on any atom is 0.0431 e. The predicted molar refractivity (Wildman–Crippen MR) is 57.4 cm³/mol. The Labute approximate surface area is 86.9 Å². The smallest absolute Gasteiger partial charge is 0.0431 e. The molecule has 2 nitrogen and oxygen atoms in total. The van der Waals surface area contributed by atoms with Gasteiger partial charge >= 0.3 is 0 Å². The topological polar surface area (TPSA) is 46.2 Å². The van der Waals surface area contributed by atoms with E-state index in [1.54, 1.807) is 0 Å². The van der Waals surface area contributed by atoms with Crippen LogP contribution in [0.15, 0.2) is 28.7 Å². The molecule has 3 N–H and O–H groups in total. The normalized spacial score (nSPS) is 12.8. The largest absolute Gasteiger partial charge is 0.396 e. The highest BCUT2D eigenvalue weighted by Gasteiger charge is 2.04. The summed E-state index contributed by atoms with van der Waals surface area (Å²) in [6.45, 7) is 0.213. The maximum absolute atomic E-state index is 8.64. The third-order valence-electron chi connectivity index (χ3n) is 1.97. The second-order valence-electron chi connectivity index (χ2n) is 3.02. The van der Waals surface area contributed by atoms with Crippen LogP contribution in [0.2, 0.25) is 0 Å². The zero-order valence-electron chi connectivity index (χ0n) is 7.41. The minimum Gasteiger partial charge on any atom is -0.396 e. The molecule has 72 valence electrons. The molecule has 0 amide bonds. The number of rotatable bonds is 4. The molecule has 0 heterocycles. The molecule has 0 radical (unpaired) electrons. The van der Waals surface area contributed by atoms with Gasteiger partial charge in [-0.25, -0.2) is 0 Å². The van der Waals surface area contributed by atoms with Gasteiger partial charge in [-0.05, 0) is 30.5 Å². The Morgan fingerprint density at radius 1 is 1.31 bits per heavy atom. The van der Waals surface area contributed by atoms with E-state index in [4.69, 9.17) is 10.8 Å². The van der Waals surface area contributed by atoms with E-state index in [1.807, 2.05) is 24.3 Å². The van der Waals surface area contributed by atoms with Gasteiger partial charge in [-0.1, -0.05) is 28.1 Å². The van der Waals surface area contributed by atoms with Crippen LogP contribution in [0.3, 0.4) is 0 Å². The molecule has 0 fully saturated rings. The summed E-state index contributed by atoms with van der Waals surface area (Å²) in [5, 5.41) is 8.64. The lowest BCUT2D eigenvalue weighted by molar-refractivity contribution is 0.280. The lowest BCUT2D eigenvalue weighted by atomic mass is 10.0. The van der Waals surface area contributed by atoms with Gasteiger partial charge < -0.3 is 10.8 Å². The second-order valence-corrected chi connectivity index (χ2v) is 3.94. The van der Waals surface area contributed by atoms with Crippen LogP contribution in [0.5, 0.6) is 0 Å². The molecule has 0 aliphatic rings. The number of benzene rings is 1. The fraction of sp³-hybridized carbons (Fsp3) is 0.400. The van der Waals surface area contributed by atoms with Crippen LogP contribution in [0.25, 0.3) is 0 Å². The van der Waals surface area contributed by atoms with Crippen molar-refractivity contribution in [2.45, 2.75) is 18.9 Å². The van der Waals surface area contributed by atoms with Crippen LogP contribution >= 0.6 is 15.9 Å². The molecule has 0 aromatic heterocycles. The van der Waals surface area contributed by atoms with Gasteiger partial charge in [0.1, 0.15) is 0 Å². The molecule has 3 heteroatoms. The molecule has 1 aromatic carbocycles. The Bertz CT molecular complexity index is 248. The highest BCUT2D eigenvalue weighted by Crippen LogP contribution is 2.18. The number of hydrogen-bond acceptors (Lipinski definition) is 2. The molecular weight excluding hydrogens is 230 g/mol.